The largest absolute Gasteiger partial charge is 0.292 e. The number of aryl methyl sites for hydroxylation is 1. The molecule has 2 N–H and O–H groups in total. The van der Waals surface area contributed by atoms with Crippen LogP contribution in [-0.4, -0.2) is 22.3 Å². The van der Waals surface area contributed by atoms with Gasteiger partial charge < -0.3 is 0 Å². The number of rotatable bonds is 3. The third-order valence-electron chi connectivity index (χ3n) is 2.92. The smallest absolute Gasteiger partial charge is 0.281 e. The van der Waals surface area contributed by atoms with Gasteiger partial charge in [0.2, 0.25) is 0 Å². The van der Waals surface area contributed by atoms with E-state index in [0.29, 0.717) is 5.69 Å². The number of aromatic amines is 1. The second-order valence-corrected chi connectivity index (χ2v) is 5.08. The first-order chi connectivity index (χ1) is 8.84. The number of carbonyl (C=O) groups is 1. The normalized spacial score (nSPS) is 14.0. The number of aromatic nitrogens is 2. The molecule has 0 radical (unpaired) electrons. The fourth-order valence-electron chi connectivity index (χ4n) is 2.08. The molecule has 2 aromatic rings. The molecule has 0 fully saturated rings. The molecule has 1 aliphatic carbocycles. The number of nitrogens with one attached hydrogen (secondary N) is 2. The Morgan fingerprint density at radius 2 is 2.50 bits per heavy atom. The molecule has 0 bridgehead atoms. The van der Waals surface area contributed by atoms with Gasteiger partial charge in [-0.1, -0.05) is 6.07 Å². The van der Waals surface area contributed by atoms with E-state index >= 15 is 0 Å². The minimum atomic E-state index is -0.248. The van der Waals surface area contributed by atoms with E-state index in [-0.39, 0.29) is 5.91 Å². The number of thiophene rings is 1. The maximum absolute atomic E-state index is 11.9. The summed E-state index contributed by atoms with van der Waals surface area (Å²) in [5, 5.41) is 12.8. The summed E-state index contributed by atoms with van der Waals surface area (Å²) < 4.78 is 0. The van der Waals surface area contributed by atoms with Crippen LogP contribution in [-0.2, 0) is 12.8 Å². The van der Waals surface area contributed by atoms with E-state index in [9.17, 15) is 4.79 Å². The average molecular weight is 260 g/mol. The molecule has 1 amide bonds. The van der Waals surface area contributed by atoms with E-state index in [1.165, 1.54) is 0 Å². The molecular formula is C12H12N4OS. The Morgan fingerprint density at radius 3 is 3.33 bits per heavy atom. The molecule has 2 heterocycles. The lowest BCUT2D eigenvalue weighted by Crippen LogP contribution is -2.19. The quantitative estimate of drug-likeness (QED) is 0.651. The summed E-state index contributed by atoms with van der Waals surface area (Å²) in [6.07, 6.45) is 4.62. The van der Waals surface area contributed by atoms with Crippen LogP contribution in [0.5, 0.6) is 0 Å². The number of hydrogen-bond donors (Lipinski definition) is 2. The summed E-state index contributed by atoms with van der Waals surface area (Å²) in [4.78, 5) is 12.9. The second kappa shape index (κ2) is 4.73. The predicted molar refractivity (Wildman–Crippen MR) is 70.0 cm³/mol. The van der Waals surface area contributed by atoms with Crippen molar-refractivity contribution < 1.29 is 4.79 Å². The highest BCUT2D eigenvalue weighted by molar-refractivity contribution is 7.11. The minimum absolute atomic E-state index is 0.248. The Kier molecular flexibility index (Phi) is 2.93. The van der Waals surface area contributed by atoms with Gasteiger partial charge in [0.25, 0.3) is 5.91 Å². The standard InChI is InChI=1S/C12H12N4OS/c17-12(16-13-7-8-3-2-6-18-8)11-9-4-1-5-10(9)14-15-11/h2-3,6-7H,1,4-5H2,(H,14,15)(H,16,17)/b13-7+. The van der Waals surface area contributed by atoms with E-state index < -0.39 is 0 Å². The van der Waals surface area contributed by atoms with Gasteiger partial charge in [0.15, 0.2) is 5.69 Å². The highest BCUT2D eigenvalue weighted by atomic mass is 32.1. The van der Waals surface area contributed by atoms with Crippen molar-refractivity contribution in [3.8, 4) is 0 Å². The van der Waals surface area contributed by atoms with Crippen LogP contribution >= 0.6 is 11.3 Å². The average Bonchev–Trinajstić information content (AvgIpc) is 3.05. The highest BCUT2D eigenvalue weighted by Crippen LogP contribution is 2.22. The number of hydrogen-bond acceptors (Lipinski definition) is 4. The van der Waals surface area contributed by atoms with Crippen molar-refractivity contribution in [1.82, 2.24) is 15.6 Å². The van der Waals surface area contributed by atoms with Crippen LogP contribution in [0, 0.1) is 0 Å². The summed E-state index contributed by atoms with van der Waals surface area (Å²) in [7, 11) is 0. The molecule has 0 aromatic carbocycles. The number of fused-ring (bicyclic) bond motifs is 1. The topological polar surface area (TPSA) is 70.1 Å². The molecule has 92 valence electrons. The Morgan fingerprint density at radius 1 is 1.56 bits per heavy atom. The van der Waals surface area contributed by atoms with Crippen LogP contribution in [0.4, 0.5) is 0 Å². The molecule has 0 spiro atoms. The van der Waals surface area contributed by atoms with Crippen LogP contribution in [0.3, 0.4) is 0 Å². The van der Waals surface area contributed by atoms with Crippen LogP contribution in [0.15, 0.2) is 22.6 Å². The molecule has 6 heteroatoms. The maximum atomic E-state index is 11.9. The minimum Gasteiger partial charge on any atom is -0.281 e. The van der Waals surface area contributed by atoms with Crippen LogP contribution < -0.4 is 5.43 Å². The fourth-order valence-corrected chi connectivity index (χ4v) is 2.66. The first kappa shape index (κ1) is 11.2. The molecular weight excluding hydrogens is 248 g/mol. The molecule has 0 atom stereocenters. The van der Waals surface area contributed by atoms with Gasteiger partial charge in [-0.15, -0.1) is 11.3 Å². The Bertz CT molecular complexity index is 585. The lowest BCUT2D eigenvalue weighted by atomic mass is 10.2. The van der Waals surface area contributed by atoms with Gasteiger partial charge in [-0.3, -0.25) is 9.89 Å². The SMILES string of the molecule is O=C(N/N=C/c1cccs1)c1n[nH]c2c1CCC2. The van der Waals surface area contributed by atoms with Crippen molar-refractivity contribution in [3.05, 3.63) is 39.3 Å². The second-order valence-electron chi connectivity index (χ2n) is 4.10. The van der Waals surface area contributed by atoms with Gasteiger partial charge in [0.05, 0.1) is 6.21 Å². The third kappa shape index (κ3) is 2.06. The summed E-state index contributed by atoms with van der Waals surface area (Å²) in [6, 6.07) is 3.88. The van der Waals surface area contributed by atoms with Gasteiger partial charge in [-0.2, -0.15) is 10.2 Å². The predicted octanol–water partition coefficient (Wildman–Crippen LogP) is 1.72. The molecule has 2 aromatic heterocycles. The van der Waals surface area contributed by atoms with E-state index in [1.54, 1.807) is 17.6 Å². The van der Waals surface area contributed by atoms with Crippen LogP contribution in [0.2, 0.25) is 0 Å². The first-order valence-corrected chi connectivity index (χ1v) is 6.65. The van der Waals surface area contributed by atoms with E-state index in [4.69, 9.17) is 0 Å². The molecule has 3 rings (SSSR count). The van der Waals surface area contributed by atoms with Crippen molar-refractivity contribution in [2.45, 2.75) is 19.3 Å². The van der Waals surface area contributed by atoms with E-state index in [2.05, 4.69) is 20.7 Å². The van der Waals surface area contributed by atoms with Crippen molar-refractivity contribution in [2.75, 3.05) is 0 Å². The van der Waals surface area contributed by atoms with Crippen LogP contribution in [0.25, 0.3) is 0 Å². The monoisotopic (exact) mass is 260 g/mol. The zero-order chi connectivity index (χ0) is 12.4. The fraction of sp³-hybridized carbons (Fsp3) is 0.250. The van der Waals surface area contributed by atoms with Gasteiger partial charge in [-0.05, 0) is 30.7 Å². The number of nitrogens with zero attached hydrogens (tertiary/aromatic N) is 2. The zero-order valence-corrected chi connectivity index (χ0v) is 10.5. The molecule has 0 saturated heterocycles. The Balaban J connectivity index is 1.68. The zero-order valence-electron chi connectivity index (χ0n) is 9.64. The van der Waals surface area contributed by atoms with Gasteiger partial charge >= 0.3 is 0 Å². The van der Waals surface area contributed by atoms with Crippen molar-refractivity contribution in [3.63, 3.8) is 0 Å². The molecule has 5 nitrogen and oxygen atoms in total. The van der Waals surface area contributed by atoms with E-state index in [0.717, 1.165) is 35.4 Å². The third-order valence-corrected chi connectivity index (χ3v) is 3.73. The highest BCUT2D eigenvalue weighted by Gasteiger charge is 2.22. The van der Waals surface area contributed by atoms with Gasteiger partial charge in [0, 0.05) is 16.1 Å². The van der Waals surface area contributed by atoms with Gasteiger partial charge in [0.1, 0.15) is 0 Å². The van der Waals surface area contributed by atoms with Crippen molar-refractivity contribution in [2.24, 2.45) is 5.10 Å². The molecule has 1 aliphatic rings. The van der Waals surface area contributed by atoms with Crippen molar-refractivity contribution in [1.29, 1.82) is 0 Å². The molecule has 0 aliphatic heterocycles. The van der Waals surface area contributed by atoms with E-state index in [1.807, 2.05) is 17.5 Å². The Hall–Kier alpha value is -1.95. The Labute approximate surface area is 108 Å². The number of H-pyrrole nitrogens is 1. The van der Waals surface area contributed by atoms with Crippen molar-refractivity contribution >= 4 is 23.5 Å². The number of carbonyl (C=O) groups excluding carboxylic acids is 1. The lowest BCUT2D eigenvalue weighted by Gasteiger charge is -1.97. The molecule has 0 saturated carbocycles. The molecule has 18 heavy (non-hydrogen) atoms. The maximum Gasteiger partial charge on any atom is 0.292 e. The number of hydrazone groups is 1. The molecule has 0 unspecified atom stereocenters. The summed E-state index contributed by atoms with van der Waals surface area (Å²) in [6.45, 7) is 0. The summed E-state index contributed by atoms with van der Waals surface area (Å²) >= 11 is 1.57. The summed E-state index contributed by atoms with van der Waals surface area (Å²) in [5.74, 6) is -0.248. The van der Waals surface area contributed by atoms with Gasteiger partial charge in [-0.25, -0.2) is 5.43 Å². The van der Waals surface area contributed by atoms with Crippen LogP contribution in [0.1, 0.15) is 33.0 Å². The first-order valence-electron chi connectivity index (χ1n) is 5.77. The number of amides is 1. The lowest BCUT2D eigenvalue weighted by molar-refractivity contribution is 0.0949. The summed E-state index contributed by atoms with van der Waals surface area (Å²) in [5.41, 5.74) is 5.11.